The zero-order valence-corrected chi connectivity index (χ0v) is 15.9. The third-order valence-corrected chi connectivity index (χ3v) is 20.0. The van der Waals surface area contributed by atoms with Gasteiger partial charge in [0, 0.05) is 0 Å². The number of nitrogens with zero attached hydrogens (tertiary/aromatic N) is 3. The monoisotopic (exact) mass is 634 g/mol. The van der Waals surface area contributed by atoms with E-state index in [1.165, 1.54) is 4.15 Å². The zero-order chi connectivity index (χ0) is 11.8. The summed E-state index contributed by atoms with van der Waals surface area (Å²) < 4.78 is 9.50. The summed E-state index contributed by atoms with van der Waals surface area (Å²) in [6.07, 6.45) is 0. The van der Waals surface area contributed by atoms with Gasteiger partial charge in [0.2, 0.25) is 0 Å². The van der Waals surface area contributed by atoms with Crippen LogP contribution in [0.2, 0.25) is 0 Å². The number of hydrogen-bond acceptors (Lipinski definition) is 5. The van der Waals surface area contributed by atoms with E-state index in [9.17, 15) is 0 Å². The number of halogens is 2. The normalized spacial score (nSPS) is 27.6. The molecule has 0 bridgehead atoms. The molecule has 5 nitrogen and oxygen atoms in total. The minimum atomic E-state index is -2.06. The maximum absolute atomic E-state index is 5.43. The Hall–Kier alpha value is 1.82. The van der Waals surface area contributed by atoms with Crippen molar-refractivity contribution in [3.8, 4) is 0 Å². The molecule has 0 radical (unpaired) electrons. The molecule has 2 rings (SSSR count). The van der Waals surface area contributed by atoms with E-state index in [1.54, 1.807) is 0 Å². The second-order valence-electron chi connectivity index (χ2n) is 3.74. The molecule has 1 N–H and O–H groups in total. The van der Waals surface area contributed by atoms with Gasteiger partial charge in [-0.25, -0.2) is 0 Å². The molecule has 0 unspecified atom stereocenters. The summed E-state index contributed by atoms with van der Waals surface area (Å²) in [7, 11) is 2.20. The van der Waals surface area contributed by atoms with Gasteiger partial charge in [-0.15, -0.1) is 0 Å². The van der Waals surface area contributed by atoms with Crippen LogP contribution in [-0.4, -0.2) is 64.6 Å². The fourth-order valence-electron chi connectivity index (χ4n) is 1.63. The van der Waals surface area contributed by atoms with E-state index in [1.807, 2.05) is 0 Å². The van der Waals surface area contributed by atoms with E-state index in [0.29, 0.717) is 0 Å². The summed E-state index contributed by atoms with van der Waals surface area (Å²) in [6, 6.07) is 0. The second kappa shape index (κ2) is 5.85. The molecule has 99 valence electrons. The number of nitrogens with one attached hydrogen (secondary N) is 1. The average Bonchev–Trinajstić information content (AvgIpc) is 2.60. The number of hydrazine groups is 1. The molecule has 2 fully saturated rings. The molecule has 2 aliphatic rings. The fraction of sp³-hybridized carbons (Fsp3) is 0.875. The van der Waals surface area contributed by atoms with Gasteiger partial charge in [-0.2, -0.15) is 0 Å². The van der Waals surface area contributed by atoms with Crippen molar-refractivity contribution < 1.29 is 13.2 Å². The summed E-state index contributed by atoms with van der Waals surface area (Å²) in [6.45, 7) is 4.88. The predicted octanol–water partition coefficient (Wildman–Crippen LogP) is 0.514. The fourth-order valence-corrected chi connectivity index (χ4v) is 16.5. The first-order chi connectivity index (χ1) is 7.51. The van der Waals surface area contributed by atoms with Gasteiger partial charge in [0.1, 0.15) is 0 Å². The van der Waals surface area contributed by atoms with Crippen LogP contribution in [0.15, 0.2) is 0 Å². The summed E-state index contributed by atoms with van der Waals surface area (Å²) in [5.74, 6) is 0. The van der Waals surface area contributed by atoms with Crippen LogP contribution in [0.4, 0.5) is 0 Å². The first kappa shape index (κ1) is 14.2. The van der Waals surface area contributed by atoms with E-state index in [2.05, 4.69) is 71.6 Å². The zero-order valence-electron chi connectivity index (χ0n) is 9.36. The predicted molar refractivity (Wildman–Crippen MR) is 79.0 cm³/mol. The summed E-state index contributed by atoms with van der Waals surface area (Å²) in [5, 5.41) is 2.14. The van der Waals surface area contributed by atoms with E-state index in [-0.39, 0.29) is 0 Å². The van der Waals surface area contributed by atoms with Crippen molar-refractivity contribution in [3.05, 3.63) is 0 Å². The summed E-state index contributed by atoms with van der Waals surface area (Å²) >= 11 is 5.38. The van der Waals surface area contributed by atoms with E-state index in [0.717, 1.165) is 33.0 Å². The molecule has 0 aromatic carbocycles. The van der Waals surface area contributed by atoms with Crippen LogP contribution in [0.5, 0.6) is 0 Å². The molecule has 2 heterocycles. The second-order valence-corrected chi connectivity index (χ2v) is 35.6. The molecular weight excluding hydrogens is 617 g/mol. The van der Waals surface area contributed by atoms with Crippen molar-refractivity contribution in [2.45, 2.75) is 0 Å². The Balaban J connectivity index is 2.24. The standard InChI is InChI=1S/C4H9N3.C4H8NO.2HI.Pt/c1-6-3-5-7(2)4-6;1-3-6-4-2-5-1;;;/h5H,4H2,1-2H3;1-4H2;2*1H;/q;-1;;;+3/p-2. The van der Waals surface area contributed by atoms with Crippen LogP contribution in [0.25, 0.3) is 0 Å². The third kappa shape index (κ3) is 3.04. The minimum absolute atomic E-state index is 0.879. The maximum atomic E-state index is 5.43. The van der Waals surface area contributed by atoms with Crippen LogP contribution in [0, 0.1) is 0 Å². The van der Waals surface area contributed by atoms with Crippen molar-refractivity contribution in [1.82, 2.24) is 18.8 Å². The van der Waals surface area contributed by atoms with Crippen molar-refractivity contribution in [2.75, 3.05) is 47.1 Å². The topological polar surface area (TPSA) is 31.0 Å². The average molecular weight is 634 g/mol. The Bertz CT molecular complexity index is 315. The van der Waals surface area contributed by atoms with Gasteiger partial charge in [-0.05, 0) is 0 Å². The van der Waals surface area contributed by atoms with Crippen molar-refractivity contribution in [1.29, 1.82) is 0 Å². The quantitative estimate of drug-likeness (QED) is 0.426. The van der Waals surface area contributed by atoms with E-state index in [4.69, 9.17) is 4.74 Å². The summed E-state index contributed by atoms with van der Waals surface area (Å²) in [5.41, 5.74) is 3.50. The number of ether oxygens (including phenoxy) is 1. The Kier molecular flexibility index (Phi) is 5.20. The first-order valence-corrected chi connectivity index (χ1v) is 20.0. The Morgan fingerprint density at radius 2 is 1.88 bits per heavy atom. The van der Waals surface area contributed by atoms with Crippen molar-refractivity contribution >= 4 is 42.9 Å². The number of morpholine rings is 1. The van der Waals surface area contributed by atoms with Gasteiger partial charge in [-0.1, -0.05) is 0 Å². The molecule has 0 atom stereocenters. The first-order valence-electron chi connectivity index (χ1n) is 4.97. The van der Waals surface area contributed by atoms with Gasteiger partial charge in [-0.3, -0.25) is 0 Å². The van der Waals surface area contributed by atoms with Crippen LogP contribution in [0.1, 0.15) is 0 Å². The summed E-state index contributed by atoms with van der Waals surface area (Å²) in [4.78, 5) is 2.34. The molecule has 2 aliphatic heterocycles. The molecule has 0 aromatic heterocycles. The van der Waals surface area contributed by atoms with E-state index >= 15 is 0 Å². The molecule has 0 aromatic rings. The van der Waals surface area contributed by atoms with Gasteiger partial charge >= 0.3 is 122 Å². The molecule has 0 aliphatic carbocycles. The van der Waals surface area contributed by atoms with Gasteiger partial charge in [0.15, 0.2) is 0 Å². The van der Waals surface area contributed by atoms with Gasteiger partial charge < -0.3 is 0 Å². The number of rotatable bonds is 1. The SMILES string of the molecule is CN1CN(C)[C](=[Pt]([I])([I])[N]2CCOCC2)N1. The van der Waals surface area contributed by atoms with Gasteiger partial charge in [0.25, 0.3) is 0 Å². The molecule has 0 saturated carbocycles. The van der Waals surface area contributed by atoms with Crippen LogP contribution in [-0.2, 0) is 13.2 Å². The number of hydrogen-bond donors (Lipinski definition) is 1. The Morgan fingerprint density at radius 1 is 1.25 bits per heavy atom. The van der Waals surface area contributed by atoms with Crippen LogP contribution < -0.4 is 5.43 Å². The van der Waals surface area contributed by atoms with Crippen molar-refractivity contribution in [2.24, 2.45) is 0 Å². The molecule has 16 heavy (non-hydrogen) atoms. The molecule has 2 saturated heterocycles. The van der Waals surface area contributed by atoms with E-state index < -0.39 is 8.49 Å². The molecule has 0 amide bonds. The van der Waals surface area contributed by atoms with Gasteiger partial charge in [0.05, 0.1) is 0 Å². The van der Waals surface area contributed by atoms with Crippen LogP contribution >= 0.6 is 38.7 Å². The Labute approximate surface area is 120 Å². The van der Waals surface area contributed by atoms with Crippen molar-refractivity contribution in [3.63, 3.8) is 0 Å². The van der Waals surface area contributed by atoms with Crippen LogP contribution in [0.3, 0.4) is 0 Å². The molecule has 0 spiro atoms. The molecular formula is C8H17I2N4OPt. The molecule has 8 heteroatoms. The Morgan fingerprint density at radius 3 is 2.38 bits per heavy atom. The third-order valence-electron chi connectivity index (χ3n) is 2.37.